The van der Waals surface area contributed by atoms with Crippen molar-refractivity contribution in [1.29, 1.82) is 0 Å². The number of para-hydroxylation sites is 1. The van der Waals surface area contributed by atoms with Gasteiger partial charge in [-0.2, -0.15) is 0 Å². The summed E-state index contributed by atoms with van der Waals surface area (Å²) in [6, 6.07) is 19.9. The fraction of sp³-hybridized carbons (Fsp3) is 0.185. The van der Waals surface area contributed by atoms with E-state index in [1.807, 2.05) is 31.2 Å². The smallest absolute Gasteiger partial charge is 0.293 e. The molecule has 186 valence electrons. The van der Waals surface area contributed by atoms with Crippen molar-refractivity contribution < 1.29 is 23.8 Å². The lowest BCUT2D eigenvalue weighted by atomic mass is 10.1. The molecule has 0 aliphatic carbocycles. The van der Waals surface area contributed by atoms with E-state index in [1.165, 1.54) is 0 Å². The van der Waals surface area contributed by atoms with Crippen LogP contribution in [0.1, 0.15) is 18.1 Å². The molecule has 9 heteroatoms. The number of nitrogens with zero attached hydrogens (tertiary/aromatic N) is 1. The Morgan fingerprint density at radius 2 is 1.61 bits per heavy atom. The number of halogens is 2. The van der Waals surface area contributed by atoms with Gasteiger partial charge in [-0.05, 0) is 60.7 Å². The summed E-state index contributed by atoms with van der Waals surface area (Å²) in [5, 5.41) is 0.745. The van der Waals surface area contributed by atoms with E-state index in [-0.39, 0.29) is 30.9 Å². The molecular formula is C27H23Cl2NO5S. The van der Waals surface area contributed by atoms with Gasteiger partial charge < -0.3 is 14.2 Å². The van der Waals surface area contributed by atoms with E-state index in [2.05, 4.69) is 0 Å². The molecule has 3 aromatic rings. The van der Waals surface area contributed by atoms with E-state index in [0.717, 1.165) is 22.2 Å². The fourth-order valence-electron chi connectivity index (χ4n) is 3.43. The topological polar surface area (TPSA) is 65.1 Å². The number of imide groups is 1. The van der Waals surface area contributed by atoms with Crippen LogP contribution in [0.2, 0.25) is 10.0 Å². The molecule has 1 aliphatic heterocycles. The Morgan fingerprint density at radius 1 is 0.861 bits per heavy atom. The molecule has 0 N–H and O–H groups in total. The van der Waals surface area contributed by atoms with Crippen LogP contribution in [0.5, 0.6) is 17.2 Å². The maximum Gasteiger partial charge on any atom is 0.293 e. The molecule has 0 bridgehead atoms. The lowest BCUT2D eigenvalue weighted by Crippen LogP contribution is -2.32. The molecule has 2 amide bonds. The van der Waals surface area contributed by atoms with Crippen LogP contribution in [-0.2, 0) is 11.4 Å². The first-order chi connectivity index (χ1) is 17.5. The highest BCUT2D eigenvalue weighted by atomic mass is 35.5. The van der Waals surface area contributed by atoms with E-state index >= 15 is 0 Å². The van der Waals surface area contributed by atoms with Gasteiger partial charge in [0.25, 0.3) is 11.1 Å². The van der Waals surface area contributed by atoms with Gasteiger partial charge in [-0.25, -0.2) is 0 Å². The maximum atomic E-state index is 12.9. The van der Waals surface area contributed by atoms with Crippen molar-refractivity contribution in [3.05, 3.63) is 92.8 Å². The Morgan fingerprint density at radius 3 is 2.36 bits per heavy atom. The third-order valence-corrected chi connectivity index (χ3v) is 6.78. The molecule has 1 aliphatic rings. The quantitative estimate of drug-likeness (QED) is 0.254. The summed E-state index contributed by atoms with van der Waals surface area (Å²) in [6.45, 7) is 2.86. The minimum Gasteiger partial charge on any atom is -0.490 e. The monoisotopic (exact) mass is 543 g/mol. The summed E-state index contributed by atoms with van der Waals surface area (Å²) >= 11 is 13.2. The molecule has 3 aromatic carbocycles. The van der Waals surface area contributed by atoms with Gasteiger partial charge in [-0.1, -0.05) is 59.6 Å². The minimum absolute atomic E-state index is 0.117. The molecule has 1 saturated heterocycles. The van der Waals surface area contributed by atoms with Crippen LogP contribution < -0.4 is 14.2 Å². The van der Waals surface area contributed by atoms with Crippen LogP contribution in [0, 0.1) is 0 Å². The Bertz CT molecular complexity index is 1300. The van der Waals surface area contributed by atoms with Crippen molar-refractivity contribution in [2.45, 2.75) is 13.5 Å². The molecule has 0 spiro atoms. The van der Waals surface area contributed by atoms with Crippen LogP contribution in [0.3, 0.4) is 0 Å². The molecule has 0 aromatic heterocycles. The van der Waals surface area contributed by atoms with Gasteiger partial charge in [0.1, 0.15) is 19.0 Å². The summed E-state index contributed by atoms with van der Waals surface area (Å²) in [7, 11) is 0. The average molecular weight is 544 g/mol. The van der Waals surface area contributed by atoms with Crippen molar-refractivity contribution >= 4 is 52.2 Å². The van der Waals surface area contributed by atoms with E-state index in [9.17, 15) is 9.59 Å². The maximum absolute atomic E-state index is 12.9. The lowest BCUT2D eigenvalue weighted by Gasteiger charge is -2.14. The number of rotatable bonds is 10. The third kappa shape index (κ3) is 6.35. The molecule has 4 rings (SSSR count). The van der Waals surface area contributed by atoms with Gasteiger partial charge in [0.05, 0.1) is 23.1 Å². The average Bonchev–Trinajstić information content (AvgIpc) is 3.13. The van der Waals surface area contributed by atoms with E-state index < -0.39 is 0 Å². The molecule has 6 nitrogen and oxygen atoms in total. The summed E-state index contributed by atoms with van der Waals surface area (Å²) in [5.74, 6) is 1.22. The van der Waals surface area contributed by atoms with Gasteiger partial charge >= 0.3 is 0 Å². The highest BCUT2D eigenvalue weighted by molar-refractivity contribution is 8.18. The molecule has 1 heterocycles. The summed E-state index contributed by atoms with van der Waals surface area (Å²) in [6.07, 6.45) is 1.67. The standard InChI is InChI=1S/C27H23Cl2NO5S/c1-2-33-24-15-18(11-12-23(24)35-17-19-7-3-4-8-20(19)28)16-25-26(31)30(27(32)36-25)13-14-34-22-10-6-5-9-21(22)29/h3-12,15-16H,2,13-14,17H2,1H3/b25-16-. The Balaban J connectivity index is 1.43. The number of hydrogen-bond donors (Lipinski definition) is 0. The molecular weight excluding hydrogens is 521 g/mol. The molecule has 36 heavy (non-hydrogen) atoms. The number of carbonyl (C=O) groups excluding carboxylic acids is 2. The Hall–Kier alpha value is -3.13. The second-order valence-corrected chi connectivity index (χ2v) is 9.44. The van der Waals surface area contributed by atoms with Crippen LogP contribution in [0.25, 0.3) is 6.08 Å². The number of thioether (sulfide) groups is 1. The zero-order chi connectivity index (χ0) is 25.5. The predicted octanol–water partition coefficient (Wildman–Crippen LogP) is 7.09. The molecule has 0 atom stereocenters. The molecule has 0 unspecified atom stereocenters. The molecule has 0 saturated carbocycles. The van der Waals surface area contributed by atoms with Crippen molar-refractivity contribution in [3.8, 4) is 17.2 Å². The van der Waals surface area contributed by atoms with Gasteiger partial charge in [-0.3, -0.25) is 14.5 Å². The normalized spacial score (nSPS) is 14.4. The first-order valence-corrected chi connectivity index (χ1v) is 12.8. The van der Waals surface area contributed by atoms with Crippen molar-refractivity contribution in [3.63, 3.8) is 0 Å². The van der Waals surface area contributed by atoms with Crippen molar-refractivity contribution in [1.82, 2.24) is 4.90 Å². The van der Waals surface area contributed by atoms with Crippen LogP contribution in [-0.4, -0.2) is 35.8 Å². The summed E-state index contributed by atoms with van der Waals surface area (Å²) in [4.78, 5) is 26.8. The number of carbonyl (C=O) groups is 2. The minimum atomic E-state index is -0.371. The number of hydrogen-bond acceptors (Lipinski definition) is 6. The highest BCUT2D eigenvalue weighted by Crippen LogP contribution is 2.35. The van der Waals surface area contributed by atoms with Crippen LogP contribution in [0.4, 0.5) is 4.79 Å². The number of amides is 2. The van der Waals surface area contributed by atoms with Gasteiger partial charge in [-0.15, -0.1) is 0 Å². The zero-order valence-corrected chi connectivity index (χ0v) is 21.7. The SMILES string of the molecule is CCOc1cc(/C=C2\SC(=O)N(CCOc3ccccc3Cl)C2=O)ccc1OCc1ccccc1Cl. The first kappa shape index (κ1) is 25.9. The lowest BCUT2D eigenvalue weighted by molar-refractivity contribution is -0.123. The van der Waals surface area contributed by atoms with Gasteiger partial charge in [0.15, 0.2) is 11.5 Å². The second kappa shape index (κ2) is 12.2. The predicted molar refractivity (Wildman–Crippen MR) is 143 cm³/mol. The molecule has 0 radical (unpaired) electrons. The van der Waals surface area contributed by atoms with Crippen LogP contribution in [0.15, 0.2) is 71.6 Å². The number of benzene rings is 3. The number of ether oxygens (including phenoxy) is 3. The fourth-order valence-corrected chi connectivity index (χ4v) is 4.67. The second-order valence-electron chi connectivity index (χ2n) is 7.63. The summed E-state index contributed by atoms with van der Waals surface area (Å²) < 4.78 is 17.3. The van der Waals surface area contributed by atoms with Crippen molar-refractivity contribution in [2.24, 2.45) is 0 Å². The van der Waals surface area contributed by atoms with E-state index in [1.54, 1.807) is 48.5 Å². The highest BCUT2D eigenvalue weighted by Gasteiger charge is 2.34. The molecule has 1 fully saturated rings. The van der Waals surface area contributed by atoms with E-state index in [4.69, 9.17) is 37.4 Å². The van der Waals surface area contributed by atoms with E-state index in [0.29, 0.717) is 44.4 Å². The van der Waals surface area contributed by atoms with Gasteiger partial charge in [0, 0.05) is 10.6 Å². The van der Waals surface area contributed by atoms with Crippen molar-refractivity contribution in [2.75, 3.05) is 19.8 Å². The van der Waals surface area contributed by atoms with Gasteiger partial charge in [0.2, 0.25) is 0 Å². The third-order valence-electron chi connectivity index (χ3n) is 5.19. The van der Waals surface area contributed by atoms with Crippen LogP contribution >= 0.6 is 35.0 Å². The summed E-state index contributed by atoms with van der Waals surface area (Å²) in [5.41, 5.74) is 1.57. The Labute approximate surface area is 223 Å². The largest absolute Gasteiger partial charge is 0.490 e. The Kier molecular flexibility index (Phi) is 8.80. The first-order valence-electron chi connectivity index (χ1n) is 11.2. The zero-order valence-electron chi connectivity index (χ0n) is 19.4.